The van der Waals surface area contributed by atoms with E-state index in [1.54, 1.807) is 0 Å². The molecule has 1 aliphatic heterocycles. The first-order valence-corrected chi connectivity index (χ1v) is 6.96. The molecule has 0 aromatic heterocycles. The fourth-order valence-electron chi connectivity index (χ4n) is 3.63. The number of hydrogen-bond acceptors (Lipinski definition) is 2. The van der Waals surface area contributed by atoms with Crippen molar-refractivity contribution in [3.8, 4) is 0 Å². The maximum atomic E-state index is 3.95. The van der Waals surface area contributed by atoms with E-state index in [1.165, 1.54) is 45.2 Å². The molecule has 0 aromatic carbocycles. The van der Waals surface area contributed by atoms with E-state index >= 15 is 0 Å². The average Bonchev–Trinajstić information content (AvgIpc) is 2.15. The third-order valence-corrected chi connectivity index (χ3v) is 4.25. The van der Waals surface area contributed by atoms with Crippen molar-refractivity contribution in [2.75, 3.05) is 13.1 Å². The molecule has 0 radical (unpaired) electrons. The van der Waals surface area contributed by atoms with Crippen molar-refractivity contribution in [1.82, 2.24) is 10.2 Å². The lowest BCUT2D eigenvalue weighted by Crippen LogP contribution is -2.70. The molecule has 1 saturated carbocycles. The van der Waals surface area contributed by atoms with Gasteiger partial charge in [0.25, 0.3) is 0 Å². The summed E-state index contributed by atoms with van der Waals surface area (Å²) in [5.41, 5.74) is 0.699. The van der Waals surface area contributed by atoms with Gasteiger partial charge in [-0.15, -0.1) is 0 Å². The largest absolute Gasteiger partial charge is 0.304 e. The van der Waals surface area contributed by atoms with Crippen LogP contribution in [0.15, 0.2) is 0 Å². The topological polar surface area (TPSA) is 15.3 Å². The van der Waals surface area contributed by atoms with Gasteiger partial charge in [0.2, 0.25) is 0 Å². The van der Waals surface area contributed by atoms with Crippen LogP contribution < -0.4 is 5.32 Å². The third kappa shape index (κ3) is 2.60. The van der Waals surface area contributed by atoms with E-state index in [-0.39, 0.29) is 5.54 Å². The SMILES string of the molecule is CC(C)N1CC(C)(C)NC2(CCCCC2)C1. The van der Waals surface area contributed by atoms with Gasteiger partial charge in [0, 0.05) is 30.2 Å². The smallest absolute Gasteiger partial charge is 0.0314 e. The summed E-state index contributed by atoms with van der Waals surface area (Å²) >= 11 is 0. The van der Waals surface area contributed by atoms with Crippen LogP contribution in [0.1, 0.15) is 59.8 Å². The van der Waals surface area contributed by atoms with Crippen LogP contribution in [0.2, 0.25) is 0 Å². The number of hydrogen-bond donors (Lipinski definition) is 1. The molecule has 2 heteroatoms. The van der Waals surface area contributed by atoms with E-state index in [4.69, 9.17) is 0 Å². The predicted octanol–water partition coefficient (Wildman–Crippen LogP) is 2.78. The van der Waals surface area contributed by atoms with E-state index in [0.29, 0.717) is 11.6 Å². The van der Waals surface area contributed by atoms with Crippen LogP contribution in [0.4, 0.5) is 0 Å². The van der Waals surface area contributed by atoms with Crippen LogP contribution in [0.5, 0.6) is 0 Å². The zero-order valence-corrected chi connectivity index (χ0v) is 11.5. The van der Waals surface area contributed by atoms with E-state index in [2.05, 4.69) is 37.9 Å². The second-order valence-electron chi connectivity index (χ2n) is 6.85. The maximum absolute atomic E-state index is 3.95. The lowest BCUT2D eigenvalue weighted by molar-refractivity contribution is 0.0205. The van der Waals surface area contributed by atoms with Crippen molar-refractivity contribution in [3.63, 3.8) is 0 Å². The van der Waals surface area contributed by atoms with Gasteiger partial charge in [-0.25, -0.2) is 0 Å². The lowest BCUT2D eigenvalue weighted by atomic mass is 9.77. The van der Waals surface area contributed by atoms with Crippen LogP contribution in [0.25, 0.3) is 0 Å². The van der Waals surface area contributed by atoms with Gasteiger partial charge in [-0.05, 0) is 40.5 Å². The third-order valence-electron chi connectivity index (χ3n) is 4.25. The summed E-state index contributed by atoms with van der Waals surface area (Å²) in [6.45, 7) is 11.8. The minimum Gasteiger partial charge on any atom is -0.304 e. The predicted molar refractivity (Wildman–Crippen MR) is 69.7 cm³/mol. The molecule has 1 aliphatic carbocycles. The zero-order valence-electron chi connectivity index (χ0n) is 11.5. The Labute approximate surface area is 101 Å². The Hall–Kier alpha value is -0.0800. The summed E-state index contributed by atoms with van der Waals surface area (Å²) in [5, 5.41) is 3.95. The number of nitrogens with zero attached hydrogens (tertiary/aromatic N) is 1. The highest BCUT2D eigenvalue weighted by Gasteiger charge is 2.43. The molecule has 94 valence electrons. The van der Waals surface area contributed by atoms with Gasteiger partial charge in [-0.1, -0.05) is 19.3 Å². The van der Waals surface area contributed by atoms with Crippen molar-refractivity contribution in [1.29, 1.82) is 0 Å². The highest BCUT2D eigenvalue weighted by Crippen LogP contribution is 2.34. The van der Waals surface area contributed by atoms with Crippen molar-refractivity contribution in [2.45, 2.75) is 76.9 Å². The summed E-state index contributed by atoms with van der Waals surface area (Å²) in [4.78, 5) is 2.67. The monoisotopic (exact) mass is 224 g/mol. The van der Waals surface area contributed by atoms with Crippen LogP contribution in [0.3, 0.4) is 0 Å². The standard InChI is InChI=1S/C14H28N2/c1-12(2)16-10-13(3,4)15-14(11-16)8-6-5-7-9-14/h12,15H,5-11H2,1-4H3. The number of rotatable bonds is 1. The molecule has 2 aliphatic rings. The number of nitrogens with one attached hydrogen (secondary N) is 1. The highest BCUT2D eigenvalue weighted by atomic mass is 15.3. The van der Waals surface area contributed by atoms with E-state index in [1.807, 2.05) is 0 Å². The highest BCUT2D eigenvalue weighted by molar-refractivity contribution is 5.04. The van der Waals surface area contributed by atoms with E-state index in [0.717, 1.165) is 0 Å². The van der Waals surface area contributed by atoms with Crippen LogP contribution in [-0.2, 0) is 0 Å². The van der Waals surface area contributed by atoms with Crippen molar-refractivity contribution < 1.29 is 0 Å². The molecule has 2 nitrogen and oxygen atoms in total. The Balaban J connectivity index is 2.13. The zero-order chi connectivity index (χ0) is 11.8. The van der Waals surface area contributed by atoms with Gasteiger partial charge in [-0.3, -0.25) is 4.90 Å². The molecule has 0 unspecified atom stereocenters. The summed E-state index contributed by atoms with van der Waals surface area (Å²) in [5.74, 6) is 0. The first-order chi connectivity index (χ1) is 7.43. The van der Waals surface area contributed by atoms with Gasteiger partial charge in [0.1, 0.15) is 0 Å². The summed E-state index contributed by atoms with van der Waals surface area (Å²) in [7, 11) is 0. The van der Waals surface area contributed by atoms with Gasteiger partial charge < -0.3 is 5.32 Å². The Morgan fingerprint density at radius 1 is 1.00 bits per heavy atom. The second kappa shape index (κ2) is 4.30. The van der Waals surface area contributed by atoms with Crippen LogP contribution in [-0.4, -0.2) is 35.1 Å². The molecule has 1 N–H and O–H groups in total. The number of piperazine rings is 1. The van der Waals surface area contributed by atoms with Crippen molar-refractivity contribution >= 4 is 0 Å². The fourth-order valence-corrected chi connectivity index (χ4v) is 3.63. The Morgan fingerprint density at radius 3 is 2.19 bits per heavy atom. The van der Waals surface area contributed by atoms with Gasteiger partial charge in [0.15, 0.2) is 0 Å². The molecule has 0 amide bonds. The van der Waals surface area contributed by atoms with Crippen LogP contribution in [0, 0.1) is 0 Å². The van der Waals surface area contributed by atoms with Crippen molar-refractivity contribution in [2.24, 2.45) is 0 Å². The maximum Gasteiger partial charge on any atom is 0.0314 e. The van der Waals surface area contributed by atoms with E-state index in [9.17, 15) is 0 Å². The van der Waals surface area contributed by atoms with Crippen LogP contribution >= 0.6 is 0 Å². The minimum absolute atomic E-state index is 0.278. The first-order valence-electron chi connectivity index (χ1n) is 6.96. The molecule has 1 spiro atoms. The summed E-state index contributed by atoms with van der Waals surface area (Å²) < 4.78 is 0. The fraction of sp³-hybridized carbons (Fsp3) is 1.00. The molecule has 2 fully saturated rings. The molecule has 16 heavy (non-hydrogen) atoms. The molecule has 2 rings (SSSR count). The molecule has 0 atom stereocenters. The normalized spacial score (nSPS) is 29.8. The van der Waals surface area contributed by atoms with Gasteiger partial charge in [-0.2, -0.15) is 0 Å². The molecule has 1 saturated heterocycles. The van der Waals surface area contributed by atoms with E-state index < -0.39 is 0 Å². The van der Waals surface area contributed by atoms with Crippen molar-refractivity contribution in [3.05, 3.63) is 0 Å². The van der Waals surface area contributed by atoms with Gasteiger partial charge >= 0.3 is 0 Å². The first kappa shape index (κ1) is 12.4. The molecule has 0 bridgehead atoms. The second-order valence-corrected chi connectivity index (χ2v) is 6.85. The average molecular weight is 224 g/mol. The van der Waals surface area contributed by atoms with Gasteiger partial charge in [0.05, 0.1) is 0 Å². The lowest BCUT2D eigenvalue weighted by Gasteiger charge is -2.54. The molecule has 0 aromatic rings. The molecular formula is C14H28N2. The summed E-state index contributed by atoms with van der Waals surface area (Å²) in [6, 6.07) is 0.681. The Morgan fingerprint density at radius 2 is 1.62 bits per heavy atom. The Bertz CT molecular complexity index is 239. The molecule has 1 heterocycles. The quantitative estimate of drug-likeness (QED) is 0.737. The summed E-state index contributed by atoms with van der Waals surface area (Å²) in [6.07, 6.45) is 7.01. The minimum atomic E-state index is 0.278. The Kier molecular flexibility index (Phi) is 3.33. The molecular weight excluding hydrogens is 196 g/mol.